The molecule has 1 atom stereocenters. The molecule has 5 nitrogen and oxygen atoms in total. The first-order valence-electron chi connectivity index (χ1n) is 5.70. The van der Waals surface area contributed by atoms with E-state index in [2.05, 4.69) is 34.4 Å². The molecule has 2 heterocycles. The van der Waals surface area contributed by atoms with E-state index in [-0.39, 0.29) is 0 Å². The predicted octanol–water partition coefficient (Wildman–Crippen LogP) is 1.30. The minimum atomic E-state index is 0.689. The second-order valence-electron chi connectivity index (χ2n) is 4.67. The quantitative estimate of drug-likeness (QED) is 0.614. The van der Waals surface area contributed by atoms with Crippen molar-refractivity contribution in [3.63, 3.8) is 0 Å². The molecule has 2 rings (SSSR count). The Bertz CT molecular complexity index is 338. The van der Waals surface area contributed by atoms with Gasteiger partial charge in [-0.25, -0.2) is 5.84 Å². The molecule has 1 saturated heterocycles. The topological polar surface area (TPSA) is 67.1 Å². The van der Waals surface area contributed by atoms with Crippen LogP contribution in [-0.4, -0.2) is 28.2 Å². The summed E-state index contributed by atoms with van der Waals surface area (Å²) in [6, 6.07) is 0. The van der Waals surface area contributed by atoms with Crippen LogP contribution in [0.5, 0.6) is 0 Å². The molecule has 0 aliphatic carbocycles. The highest BCUT2D eigenvalue weighted by atomic mass is 32.1. The number of hydrazine groups is 1. The molecule has 0 bridgehead atoms. The van der Waals surface area contributed by atoms with E-state index in [1.165, 1.54) is 30.8 Å². The van der Waals surface area contributed by atoms with Crippen molar-refractivity contribution in [3.05, 3.63) is 5.01 Å². The van der Waals surface area contributed by atoms with Crippen molar-refractivity contribution >= 4 is 16.5 Å². The fourth-order valence-electron chi connectivity index (χ4n) is 2.12. The van der Waals surface area contributed by atoms with E-state index in [1.807, 2.05) is 0 Å². The van der Waals surface area contributed by atoms with E-state index in [0.29, 0.717) is 5.13 Å². The molecule has 1 aromatic rings. The van der Waals surface area contributed by atoms with Crippen LogP contribution >= 0.6 is 11.3 Å². The molecule has 1 unspecified atom stereocenters. The lowest BCUT2D eigenvalue weighted by molar-refractivity contribution is 0.296. The van der Waals surface area contributed by atoms with Gasteiger partial charge >= 0.3 is 0 Å². The molecule has 1 aromatic heterocycles. The fraction of sp³-hybridized carbons (Fsp3) is 0.800. The average Bonchev–Trinajstić information content (AvgIpc) is 2.87. The molecular formula is C10H19N5S. The van der Waals surface area contributed by atoms with Crippen LogP contribution < -0.4 is 11.3 Å². The van der Waals surface area contributed by atoms with Crippen LogP contribution in [0, 0.1) is 11.8 Å². The monoisotopic (exact) mass is 241 g/mol. The van der Waals surface area contributed by atoms with E-state index >= 15 is 0 Å². The third-order valence-electron chi connectivity index (χ3n) is 3.20. The highest BCUT2D eigenvalue weighted by Crippen LogP contribution is 2.25. The number of nitrogen functional groups attached to an aromatic ring is 1. The van der Waals surface area contributed by atoms with Gasteiger partial charge in [0.2, 0.25) is 5.13 Å². The Balaban J connectivity index is 1.87. The maximum Gasteiger partial charge on any atom is 0.219 e. The molecule has 1 aliphatic rings. The maximum absolute atomic E-state index is 5.28. The van der Waals surface area contributed by atoms with Gasteiger partial charge in [-0.1, -0.05) is 25.2 Å². The number of rotatable bonds is 4. The summed E-state index contributed by atoms with van der Waals surface area (Å²) in [5.74, 6) is 6.89. The van der Waals surface area contributed by atoms with Crippen LogP contribution in [0.1, 0.15) is 25.3 Å². The van der Waals surface area contributed by atoms with Crippen LogP contribution in [0.3, 0.4) is 0 Å². The summed E-state index contributed by atoms with van der Waals surface area (Å²) in [7, 11) is 0. The lowest BCUT2D eigenvalue weighted by atomic mass is 9.95. The Labute approximate surface area is 100 Å². The van der Waals surface area contributed by atoms with Crippen molar-refractivity contribution in [1.82, 2.24) is 15.1 Å². The van der Waals surface area contributed by atoms with Gasteiger partial charge in [-0.3, -0.25) is 10.3 Å². The predicted molar refractivity (Wildman–Crippen MR) is 65.9 cm³/mol. The van der Waals surface area contributed by atoms with Crippen molar-refractivity contribution in [3.8, 4) is 0 Å². The van der Waals surface area contributed by atoms with Crippen LogP contribution in [0.25, 0.3) is 0 Å². The van der Waals surface area contributed by atoms with E-state index in [1.54, 1.807) is 0 Å². The van der Waals surface area contributed by atoms with Gasteiger partial charge in [-0.2, -0.15) is 0 Å². The lowest BCUT2D eigenvalue weighted by Crippen LogP contribution is -2.21. The summed E-state index contributed by atoms with van der Waals surface area (Å²) in [5, 5.41) is 9.77. The Kier molecular flexibility index (Phi) is 3.73. The number of likely N-dealkylation sites (tertiary alicyclic amines) is 1. The smallest absolute Gasteiger partial charge is 0.219 e. The standard InChI is InChI=1S/C10H19N5S/c1-7(2)8-3-4-15(5-8)6-9-13-14-10(12-11)16-9/h7-8H,3-6,11H2,1-2H3,(H,12,14). The number of aromatic nitrogens is 2. The first kappa shape index (κ1) is 11.8. The molecule has 1 fully saturated rings. The molecule has 0 amide bonds. The Morgan fingerprint density at radius 2 is 2.38 bits per heavy atom. The number of hydrogen-bond acceptors (Lipinski definition) is 6. The lowest BCUT2D eigenvalue weighted by Gasteiger charge is -2.16. The fourth-order valence-corrected chi connectivity index (χ4v) is 2.81. The minimum absolute atomic E-state index is 0.689. The second kappa shape index (κ2) is 5.07. The molecule has 0 aromatic carbocycles. The number of nitrogens with zero attached hydrogens (tertiary/aromatic N) is 3. The second-order valence-corrected chi connectivity index (χ2v) is 5.74. The highest BCUT2D eigenvalue weighted by Gasteiger charge is 2.25. The van der Waals surface area contributed by atoms with Gasteiger partial charge in [0.1, 0.15) is 5.01 Å². The van der Waals surface area contributed by atoms with Gasteiger partial charge in [0, 0.05) is 6.54 Å². The SMILES string of the molecule is CC(C)C1CCN(Cc2nnc(NN)s2)C1. The summed E-state index contributed by atoms with van der Waals surface area (Å²) in [6.45, 7) is 7.87. The molecule has 6 heteroatoms. The normalized spacial score (nSPS) is 21.9. The van der Waals surface area contributed by atoms with Gasteiger partial charge in [0.25, 0.3) is 0 Å². The van der Waals surface area contributed by atoms with Gasteiger partial charge in [0.05, 0.1) is 6.54 Å². The third kappa shape index (κ3) is 2.69. The molecule has 0 radical (unpaired) electrons. The Morgan fingerprint density at radius 1 is 1.56 bits per heavy atom. The Morgan fingerprint density at radius 3 is 2.94 bits per heavy atom. The van der Waals surface area contributed by atoms with E-state index < -0.39 is 0 Å². The number of hydrogen-bond donors (Lipinski definition) is 2. The number of anilines is 1. The van der Waals surface area contributed by atoms with Crippen LogP contribution in [0.4, 0.5) is 5.13 Å². The summed E-state index contributed by atoms with van der Waals surface area (Å²) >= 11 is 1.53. The molecule has 0 spiro atoms. The molecule has 1 aliphatic heterocycles. The van der Waals surface area contributed by atoms with Crippen molar-refractivity contribution in [2.45, 2.75) is 26.8 Å². The molecule has 16 heavy (non-hydrogen) atoms. The van der Waals surface area contributed by atoms with Gasteiger partial charge in [-0.05, 0) is 24.8 Å². The van der Waals surface area contributed by atoms with Crippen LogP contribution in [0.2, 0.25) is 0 Å². The minimum Gasteiger partial charge on any atom is -0.298 e. The third-order valence-corrected chi connectivity index (χ3v) is 4.04. The number of nitrogens with one attached hydrogen (secondary N) is 1. The van der Waals surface area contributed by atoms with Crippen molar-refractivity contribution < 1.29 is 0 Å². The first-order valence-corrected chi connectivity index (χ1v) is 6.52. The summed E-state index contributed by atoms with van der Waals surface area (Å²) in [4.78, 5) is 2.45. The van der Waals surface area contributed by atoms with E-state index in [4.69, 9.17) is 5.84 Å². The highest BCUT2D eigenvalue weighted by molar-refractivity contribution is 7.15. The van der Waals surface area contributed by atoms with Gasteiger partial charge in [0.15, 0.2) is 0 Å². The van der Waals surface area contributed by atoms with Crippen molar-refractivity contribution in [2.75, 3.05) is 18.5 Å². The van der Waals surface area contributed by atoms with Crippen LogP contribution in [0.15, 0.2) is 0 Å². The van der Waals surface area contributed by atoms with E-state index in [0.717, 1.165) is 23.4 Å². The first-order chi connectivity index (χ1) is 7.69. The summed E-state index contributed by atoms with van der Waals surface area (Å²) < 4.78 is 0. The van der Waals surface area contributed by atoms with Crippen molar-refractivity contribution in [1.29, 1.82) is 0 Å². The molecular weight excluding hydrogens is 222 g/mol. The van der Waals surface area contributed by atoms with Gasteiger partial charge in [-0.15, -0.1) is 10.2 Å². The van der Waals surface area contributed by atoms with E-state index in [9.17, 15) is 0 Å². The zero-order valence-electron chi connectivity index (χ0n) is 9.81. The average molecular weight is 241 g/mol. The maximum atomic E-state index is 5.28. The number of nitrogens with two attached hydrogens (primary N) is 1. The zero-order valence-corrected chi connectivity index (χ0v) is 10.6. The molecule has 0 saturated carbocycles. The zero-order chi connectivity index (χ0) is 11.5. The summed E-state index contributed by atoms with van der Waals surface area (Å²) in [5.41, 5.74) is 2.53. The largest absolute Gasteiger partial charge is 0.298 e. The molecule has 90 valence electrons. The Hall–Kier alpha value is -0.720. The van der Waals surface area contributed by atoms with Crippen molar-refractivity contribution in [2.24, 2.45) is 17.7 Å². The summed E-state index contributed by atoms with van der Waals surface area (Å²) in [6.07, 6.45) is 1.30. The van der Waals surface area contributed by atoms with Crippen LogP contribution in [-0.2, 0) is 6.54 Å². The molecule has 3 N–H and O–H groups in total. The van der Waals surface area contributed by atoms with Gasteiger partial charge < -0.3 is 0 Å².